The number of rotatable bonds is 6. The second kappa shape index (κ2) is 9.74. The summed E-state index contributed by atoms with van der Waals surface area (Å²) in [7, 11) is 0. The molecule has 8 nitrogen and oxygen atoms in total. The van der Waals surface area contributed by atoms with Crippen molar-refractivity contribution < 1.29 is 23.9 Å². The van der Waals surface area contributed by atoms with Crippen molar-refractivity contribution in [1.82, 2.24) is 10.4 Å². The Bertz CT molecular complexity index is 1020. The number of nitrogens with zero attached hydrogens (tertiary/aromatic N) is 1. The quantitative estimate of drug-likeness (QED) is 0.609. The van der Waals surface area contributed by atoms with E-state index in [4.69, 9.17) is 4.74 Å². The van der Waals surface area contributed by atoms with E-state index in [9.17, 15) is 19.2 Å². The van der Waals surface area contributed by atoms with E-state index >= 15 is 0 Å². The van der Waals surface area contributed by atoms with Crippen LogP contribution in [0.5, 0.6) is 0 Å². The molecule has 3 amide bonds. The standard InChI is InChI=1S/C22H22BrN3O5/c1-13-3-4-14(2)18(9-13)24-19(27)12-31-22(30)16-10-20(28)26(11-16)25-21(29)15-5-7-17(23)8-6-15/h3-9,16H,10-12H2,1-2H3,(H,24,27)(H,25,29)/t16-/m0/s1. The van der Waals surface area contributed by atoms with Gasteiger partial charge in [-0.1, -0.05) is 28.1 Å². The summed E-state index contributed by atoms with van der Waals surface area (Å²) in [5.74, 6) is -2.74. The average molecular weight is 488 g/mol. The normalized spacial score (nSPS) is 15.5. The van der Waals surface area contributed by atoms with E-state index in [0.29, 0.717) is 11.3 Å². The van der Waals surface area contributed by atoms with Gasteiger partial charge < -0.3 is 10.1 Å². The molecule has 3 rings (SSSR count). The number of hydrazine groups is 1. The maximum atomic E-state index is 12.3. The van der Waals surface area contributed by atoms with Gasteiger partial charge in [0.15, 0.2) is 6.61 Å². The van der Waals surface area contributed by atoms with Crippen molar-refractivity contribution in [2.45, 2.75) is 20.3 Å². The summed E-state index contributed by atoms with van der Waals surface area (Å²) < 4.78 is 5.91. The van der Waals surface area contributed by atoms with Gasteiger partial charge in [-0.2, -0.15) is 0 Å². The summed E-state index contributed by atoms with van der Waals surface area (Å²) in [4.78, 5) is 48.9. The molecule has 31 heavy (non-hydrogen) atoms. The van der Waals surface area contributed by atoms with Crippen LogP contribution in [0.25, 0.3) is 0 Å². The third-order valence-electron chi connectivity index (χ3n) is 4.81. The zero-order chi connectivity index (χ0) is 22.5. The Hall–Kier alpha value is -3.20. The largest absolute Gasteiger partial charge is 0.455 e. The third-order valence-corrected chi connectivity index (χ3v) is 5.34. The Morgan fingerprint density at radius 2 is 1.84 bits per heavy atom. The number of nitrogens with one attached hydrogen (secondary N) is 2. The van der Waals surface area contributed by atoms with Crippen LogP contribution in [0.3, 0.4) is 0 Å². The van der Waals surface area contributed by atoms with Crippen molar-refractivity contribution in [1.29, 1.82) is 0 Å². The fourth-order valence-electron chi connectivity index (χ4n) is 3.07. The molecular weight excluding hydrogens is 466 g/mol. The molecule has 1 aliphatic rings. The van der Waals surface area contributed by atoms with Crippen molar-refractivity contribution >= 4 is 45.3 Å². The number of benzene rings is 2. The van der Waals surface area contributed by atoms with Crippen LogP contribution in [0.15, 0.2) is 46.9 Å². The van der Waals surface area contributed by atoms with E-state index in [1.165, 1.54) is 0 Å². The lowest BCUT2D eigenvalue weighted by Crippen LogP contribution is -2.43. The number of esters is 1. The second-order valence-electron chi connectivity index (χ2n) is 7.33. The van der Waals surface area contributed by atoms with Crippen LogP contribution in [0.2, 0.25) is 0 Å². The summed E-state index contributed by atoms with van der Waals surface area (Å²) in [6.45, 7) is 3.30. The van der Waals surface area contributed by atoms with Crippen molar-refractivity contribution in [3.8, 4) is 0 Å². The van der Waals surface area contributed by atoms with E-state index in [2.05, 4.69) is 26.7 Å². The number of hydrogen-bond acceptors (Lipinski definition) is 5. The molecule has 2 aromatic carbocycles. The van der Waals surface area contributed by atoms with Crippen molar-refractivity contribution in [2.24, 2.45) is 5.92 Å². The zero-order valence-electron chi connectivity index (χ0n) is 17.1. The predicted octanol–water partition coefficient (Wildman–Crippen LogP) is 2.74. The first-order valence-corrected chi connectivity index (χ1v) is 10.4. The molecule has 0 aromatic heterocycles. The predicted molar refractivity (Wildman–Crippen MR) is 117 cm³/mol. The van der Waals surface area contributed by atoms with Crippen LogP contribution < -0.4 is 10.7 Å². The maximum Gasteiger partial charge on any atom is 0.311 e. The van der Waals surface area contributed by atoms with Gasteiger partial charge in [0.05, 0.1) is 12.5 Å². The molecule has 0 unspecified atom stereocenters. The molecule has 1 fully saturated rings. The molecule has 162 valence electrons. The number of aryl methyl sites for hydroxylation is 2. The summed E-state index contributed by atoms with van der Waals surface area (Å²) >= 11 is 3.29. The highest BCUT2D eigenvalue weighted by Gasteiger charge is 2.36. The van der Waals surface area contributed by atoms with Crippen LogP contribution >= 0.6 is 15.9 Å². The number of halogens is 1. The van der Waals surface area contributed by atoms with Crippen LogP contribution in [-0.2, 0) is 19.1 Å². The molecule has 2 aromatic rings. The van der Waals surface area contributed by atoms with Gasteiger partial charge in [0.1, 0.15) is 0 Å². The van der Waals surface area contributed by atoms with Crippen molar-refractivity contribution in [3.05, 3.63) is 63.6 Å². The monoisotopic (exact) mass is 487 g/mol. The molecule has 2 N–H and O–H groups in total. The molecule has 1 atom stereocenters. The van der Waals surface area contributed by atoms with Crippen molar-refractivity contribution in [3.63, 3.8) is 0 Å². The molecule has 0 aliphatic carbocycles. The minimum Gasteiger partial charge on any atom is -0.455 e. The number of anilines is 1. The van der Waals surface area contributed by atoms with Crippen LogP contribution in [0, 0.1) is 19.8 Å². The van der Waals surface area contributed by atoms with Crippen LogP contribution in [-0.4, -0.2) is 41.9 Å². The smallest absolute Gasteiger partial charge is 0.311 e. The Morgan fingerprint density at radius 1 is 1.13 bits per heavy atom. The maximum absolute atomic E-state index is 12.3. The van der Waals surface area contributed by atoms with E-state index in [1.54, 1.807) is 24.3 Å². The van der Waals surface area contributed by atoms with Gasteiger partial charge in [0.2, 0.25) is 5.91 Å². The number of carbonyl (C=O) groups excluding carboxylic acids is 4. The van der Waals surface area contributed by atoms with Crippen LogP contribution in [0.4, 0.5) is 5.69 Å². The van der Waals surface area contributed by atoms with Gasteiger partial charge in [-0.25, -0.2) is 0 Å². The number of hydrogen-bond donors (Lipinski definition) is 2. The fourth-order valence-corrected chi connectivity index (χ4v) is 3.34. The first kappa shape index (κ1) is 22.5. The lowest BCUT2D eigenvalue weighted by molar-refractivity contribution is -0.151. The minimum atomic E-state index is -0.758. The summed E-state index contributed by atoms with van der Waals surface area (Å²) in [5.41, 5.74) is 5.42. The molecule has 0 radical (unpaired) electrons. The zero-order valence-corrected chi connectivity index (χ0v) is 18.7. The molecule has 1 heterocycles. The average Bonchev–Trinajstić information content (AvgIpc) is 3.09. The lowest BCUT2D eigenvalue weighted by Gasteiger charge is -2.17. The number of amides is 3. The highest BCUT2D eigenvalue weighted by Crippen LogP contribution is 2.19. The highest BCUT2D eigenvalue weighted by molar-refractivity contribution is 9.10. The van der Waals surface area contributed by atoms with Gasteiger partial charge in [0, 0.05) is 22.1 Å². The van der Waals surface area contributed by atoms with E-state index in [-0.39, 0.29) is 13.0 Å². The van der Waals surface area contributed by atoms with Gasteiger partial charge in [-0.05, 0) is 55.3 Å². The third kappa shape index (κ3) is 5.91. The molecule has 0 spiro atoms. The minimum absolute atomic E-state index is 0.0153. The van der Waals surface area contributed by atoms with Gasteiger partial charge in [-0.3, -0.25) is 29.6 Å². The van der Waals surface area contributed by atoms with Crippen LogP contribution in [0.1, 0.15) is 27.9 Å². The molecule has 0 bridgehead atoms. The van der Waals surface area contributed by atoms with E-state index < -0.39 is 36.2 Å². The number of ether oxygens (including phenoxy) is 1. The highest BCUT2D eigenvalue weighted by atomic mass is 79.9. The lowest BCUT2D eigenvalue weighted by atomic mass is 10.1. The number of carbonyl (C=O) groups is 4. The van der Waals surface area contributed by atoms with E-state index in [0.717, 1.165) is 20.6 Å². The summed E-state index contributed by atoms with van der Waals surface area (Å²) in [6.07, 6.45) is -0.0991. The Balaban J connectivity index is 1.49. The van der Waals surface area contributed by atoms with Gasteiger partial charge >= 0.3 is 5.97 Å². The topological polar surface area (TPSA) is 105 Å². The van der Waals surface area contributed by atoms with Gasteiger partial charge in [0.25, 0.3) is 11.8 Å². The Kier molecular flexibility index (Phi) is 7.06. The van der Waals surface area contributed by atoms with Gasteiger partial charge in [-0.15, -0.1) is 0 Å². The molecule has 9 heteroatoms. The second-order valence-corrected chi connectivity index (χ2v) is 8.24. The first-order valence-electron chi connectivity index (χ1n) is 9.63. The summed E-state index contributed by atoms with van der Waals surface area (Å²) in [5, 5.41) is 3.81. The molecule has 1 saturated heterocycles. The SMILES string of the molecule is Cc1ccc(C)c(NC(=O)COC(=O)[C@H]2CC(=O)N(NC(=O)c3ccc(Br)cc3)C2)c1. The molecular formula is C22H22BrN3O5. The molecule has 0 saturated carbocycles. The Morgan fingerprint density at radius 3 is 2.55 bits per heavy atom. The van der Waals surface area contributed by atoms with E-state index in [1.807, 2.05) is 32.0 Å². The summed E-state index contributed by atoms with van der Waals surface area (Å²) in [6, 6.07) is 12.3. The first-order chi connectivity index (χ1) is 14.7. The van der Waals surface area contributed by atoms with Crippen molar-refractivity contribution in [2.75, 3.05) is 18.5 Å². The molecule has 1 aliphatic heterocycles. The fraction of sp³-hybridized carbons (Fsp3) is 0.273. The Labute approximate surface area is 188 Å².